The van der Waals surface area contributed by atoms with E-state index in [-0.39, 0.29) is 24.3 Å². The molecule has 4 aliphatic rings. The van der Waals surface area contributed by atoms with Crippen molar-refractivity contribution < 1.29 is 53.1 Å². The Labute approximate surface area is 236 Å². The average molecular weight is 593 g/mol. The first kappa shape index (κ1) is 30.0. The van der Waals surface area contributed by atoms with Crippen molar-refractivity contribution in [2.75, 3.05) is 5.88 Å². The Morgan fingerprint density at radius 3 is 2.18 bits per heavy atom. The topological polar surface area (TPSA) is 155 Å². The molecule has 11 nitrogen and oxygen atoms in total. The highest BCUT2D eigenvalue weighted by atomic mass is 35.5. The minimum Gasteiger partial charge on any atom is -0.462 e. The lowest BCUT2D eigenvalue weighted by atomic mass is 9.50. The van der Waals surface area contributed by atoms with Gasteiger partial charge >= 0.3 is 23.9 Å². The van der Waals surface area contributed by atoms with Gasteiger partial charge in [-0.05, 0) is 19.8 Å². The van der Waals surface area contributed by atoms with Crippen molar-refractivity contribution in [3.63, 3.8) is 0 Å². The normalized spacial score (nSPS) is 47.1. The molecule has 4 fully saturated rings. The summed E-state index contributed by atoms with van der Waals surface area (Å²) in [5.41, 5.74) is -5.36. The van der Waals surface area contributed by atoms with Gasteiger partial charge in [-0.25, -0.2) is 0 Å². The third kappa shape index (κ3) is 4.36. The number of carbonyl (C=O) groups excluding carboxylic acids is 4. The first-order valence-electron chi connectivity index (χ1n) is 12.7. The molecule has 1 spiro atoms. The predicted molar refractivity (Wildman–Crippen MR) is 134 cm³/mol. The summed E-state index contributed by atoms with van der Waals surface area (Å²) in [7, 11) is 0. The first-order valence-corrected chi connectivity index (χ1v) is 13.7. The van der Waals surface area contributed by atoms with Gasteiger partial charge in [-0.2, -0.15) is 0 Å². The van der Waals surface area contributed by atoms with Gasteiger partial charge in [0.15, 0.2) is 17.5 Å². The van der Waals surface area contributed by atoms with E-state index in [2.05, 4.69) is 6.58 Å². The Morgan fingerprint density at radius 1 is 1.08 bits per heavy atom. The third-order valence-electron chi connectivity index (χ3n) is 8.99. The van der Waals surface area contributed by atoms with Crippen LogP contribution >= 0.6 is 23.2 Å². The van der Waals surface area contributed by atoms with Gasteiger partial charge in [-0.1, -0.05) is 13.5 Å². The fraction of sp³-hybridized carbons (Fsp3) is 0.769. The summed E-state index contributed by atoms with van der Waals surface area (Å²) in [4.78, 5) is 50.4. The molecule has 1 unspecified atom stereocenters. The SMILES string of the molecule is C=C1[C@H](Cl)[C@@H]2OC(=O)C(C)[C@]23O[C@@]1(O)C[C@H](OC(C)=O)[C@@]1(C)[C@@H](OC(C)=O)CC[C@](O)(CCl)[C@@H]1[C@@H]3OC(C)=O. The molecule has 0 aromatic heterocycles. The Bertz CT molecular complexity index is 1100. The van der Waals surface area contributed by atoms with Gasteiger partial charge in [-0.3, -0.25) is 19.2 Å². The number of rotatable bonds is 4. The van der Waals surface area contributed by atoms with E-state index in [9.17, 15) is 29.4 Å². The maximum Gasteiger partial charge on any atom is 0.312 e. The molecule has 0 amide bonds. The van der Waals surface area contributed by atoms with Gasteiger partial charge in [0.05, 0.1) is 28.2 Å². The van der Waals surface area contributed by atoms with Gasteiger partial charge < -0.3 is 33.9 Å². The summed E-state index contributed by atoms with van der Waals surface area (Å²) in [5.74, 6) is -8.03. The number of alkyl halides is 2. The van der Waals surface area contributed by atoms with E-state index in [0.717, 1.165) is 13.8 Å². The van der Waals surface area contributed by atoms with Crippen molar-refractivity contribution in [2.24, 2.45) is 17.3 Å². The number of hydrogen-bond donors (Lipinski definition) is 2. The largest absolute Gasteiger partial charge is 0.462 e. The molecule has 218 valence electrons. The molecule has 0 aromatic rings. The lowest BCUT2D eigenvalue weighted by Crippen LogP contribution is -2.78. The lowest BCUT2D eigenvalue weighted by molar-refractivity contribution is -0.361. The van der Waals surface area contributed by atoms with Crippen LogP contribution in [0, 0.1) is 17.3 Å². The molecule has 0 aromatic carbocycles. The fourth-order valence-corrected chi connectivity index (χ4v) is 7.92. The van der Waals surface area contributed by atoms with Crippen molar-refractivity contribution in [1.29, 1.82) is 0 Å². The molecule has 2 N–H and O–H groups in total. The fourth-order valence-electron chi connectivity index (χ4n) is 7.20. The van der Waals surface area contributed by atoms with Crippen LogP contribution in [0.4, 0.5) is 0 Å². The van der Waals surface area contributed by atoms with Crippen LogP contribution in [0.2, 0.25) is 0 Å². The summed E-state index contributed by atoms with van der Waals surface area (Å²) in [6.45, 7) is 10.5. The molecule has 4 rings (SSSR count). The third-order valence-corrected chi connectivity index (χ3v) is 9.95. The van der Waals surface area contributed by atoms with E-state index in [1.54, 1.807) is 6.92 Å². The number of esters is 4. The highest BCUT2D eigenvalue weighted by molar-refractivity contribution is 6.23. The maximum atomic E-state index is 13.1. The van der Waals surface area contributed by atoms with E-state index in [1.807, 2.05) is 0 Å². The van der Waals surface area contributed by atoms with Crippen molar-refractivity contribution in [1.82, 2.24) is 0 Å². The summed E-state index contributed by atoms with van der Waals surface area (Å²) in [6.07, 6.45) is -5.51. The zero-order chi connectivity index (χ0) is 29.3. The highest BCUT2D eigenvalue weighted by Crippen LogP contribution is 2.63. The number of fused-ring (bicyclic) bond motifs is 2. The van der Waals surface area contributed by atoms with Crippen molar-refractivity contribution >= 4 is 47.1 Å². The smallest absolute Gasteiger partial charge is 0.312 e. The van der Waals surface area contributed by atoms with Gasteiger partial charge in [0.2, 0.25) is 0 Å². The predicted octanol–water partition coefficient (Wildman–Crippen LogP) is 1.75. The minimum atomic E-state index is -2.31. The Kier molecular flexibility index (Phi) is 7.60. The van der Waals surface area contributed by atoms with Crippen LogP contribution in [0.5, 0.6) is 0 Å². The van der Waals surface area contributed by atoms with E-state index in [4.69, 9.17) is 46.9 Å². The van der Waals surface area contributed by atoms with Crippen LogP contribution in [0.25, 0.3) is 0 Å². The van der Waals surface area contributed by atoms with Crippen molar-refractivity contribution in [3.05, 3.63) is 12.2 Å². The Balaban J connectivity index is 2.11. The Hall–Kier alpha value is -1.92. The summed E-state index contributed by atoms with van der Waals surface area (Å²) in [6, 6.07) is 0. The van der Waals surface area contributed by atoms with Gasteiger partial charge in [0.1, 0.15) is 18.3 Å². The number of aliphatic hydroxyl groups is 2. The summed E-state index contributed by atoms with van der Waals surface area (Å²) >= 11 is 13.1. The van der Waals surface area contributed by atoms with E-state index < -0.39 is 94.3 Å². The average Bonchev–Trinajstić information content (AvgIpc) is 3.08. The van der Waals surface area contributed by atoms with Crippen LogP contribution in [-0.4, -0.2) is 86.8 Å². The maximum absolute atomic E-state index is 13.1. The molecule has 1 saturated carbocycles. The molecule has 39 heavy (non-hydrogen) atoms. The second kappa shape index (κ2) is 9.87. The zero-order valence-electron chi connectivity index (χ0n) is 22.4. The molecule has 3 aliphatic heterocycles. The van der Waals surface area contributed by atoms with Gasteiger partial charge in [-0.15, -0.1) is 23.2 Å². The molecule has 13 heteroatoms. The van der Waals surface area contributed by atoms with E-state index >= 15 is 0 Å². The number of ether oxygens (including phenoxy) is 5. The second-order valence-corrected chi connectivity index (χ2v) is 12.0. The van der Waals surface area contributed by atoms with Crippen molar-refractivity contribution in [2.45, 2.75) is 101 Å². The molecule has 0 radical (unpaired) electrons. The zero-order valence-corrected chi connectivity index (χ0v) is 23.9. The summed E-state index contributed by atoms with van der Waals surface area (Å²) < 4.78 is 29.4. The highest BCUT2D eigenvalue weighted by Gasteiger charge is 2.78. The van der Waals surface area contributed by atoms with Gasteiger partial charge in [0.25, 0.3) is 0 Å². The van der Waals surface area contributed by atoms with Crippen LogP contribution in [0.15, 0.2) is 12.2 Å². The monoisotopic (exact) mass is 592 g/mol. The number of hydrogen-bond acceptors (Lipinski definition) is 11. The molecule has 2 bridgehead atoms. The molecule has 1 aliphatic carbocycles. The van der Waals surface area contributed by atoms with E-state index in [0.29, 0.717) is 0 Å². The number of carbonyl (C=O) groups is 4. The van der Waals surface area contributed by atoms with E-state index in [1.165, 1.54) is 13.8 Å². The van der Waals surface area contributed by atoms with Crippen LogP contribution < -0.4 is 0 Å². The van der Waals surface area contributed by atoms with Crippen molar-refractivity contribution in [3.8, 4) is 0 Å². The molecule has 3 heterocycles. The lowest BCUT2D eigenvalue weighted by Gasteiger charge is -2.64. The molecular formula is C26H34Cl2O11. The summed E-state index contributed by atoms with van der Waals surface area (Å²) in [5, 5.41) is 22.9. The number of halogens is 2. The van der Waals surface area contributed by atoms with Crippen LogP contribution in [0.3, 0.4) is 0 Å². The first-order chi connectivity index (χ1) is 18.0. The minimum absolute atomic E-state index is 0.00945. The molecule has 11 atom stereocenters. The quantitative estimate of drug-likeness (QED) is 0.212. The Morgan fingerprint density at radius 2 is 1.64 bits per heavy atom. The van der Waals surface area contributed by atoms with Crippen LogP contribution in [0.1, 0.15) is 53.9 Å². The standard InChI is InChI=1S/C26H34Cl2O11/c1-11-18(28)20-26(12(2)22(32)38-20)21(37-15(5)31)19-23(6,17(36-14(4)30)9-25(11,34)39-26)16(35-13(3)29)7-8-24(19,33)10-27/h12,16-21,33-34H,1,7-10H2,2-6H3/t12?,16-,17-,18-,19+,20-,21-,23+,24-,25-,26-/m0/s1. The molecular weight excluding hydrogens is 559 g/mol. The second-order valence-electron chi connectivity index (χ2n) is 11.3. The molecule has 3 saturated heterocycles. The van der Waals surface area contributed by atoms with Gasteiger partial charge in [0, 0.05) is 38.7 Å². The van der Waals surface area contributed by atoms with Crippen LogP contribution in [-0.2, 0) is 42.9 Å².